The molecule has 0 amide bonds. The Bertz CT molecular complexity index is 699. The van der Waals surface area contributed by atoms with E-state index in [1.807, 2.05) is 22.6 Å². The average molecular weight is 453 g/mol. The van der Waals surface area contributed by atoms with Crippen LogP contribution in [0, 0.1) is 3.57 Å². The van der Waals surface area contributed by atoms with Gasteiger partial charge in [-0.1, -0.05) is 29.3 Å². The van der Waals surface area contributed by atoms with Gasteiger partial charge in [-0.05, 0) is 46.9 Å². The molecule has 0 bridgehead atoms. The highest BCUT2D eigenvalue weighted by atomic mass is 127. The lowest BCUT2D eigenvalue weighted by atomic mass is 10.2. The summed E-state index contributed by atoms with van der Waals surface area (Å²) >= 11 is 14.2. The quantitative estimate of drug-likeness (QED) is 0.656. The zero-order valence-electron chi connectivity index (χ0n) is 11.4. The number of hydrogen-bond acceptors (Lipinski definition) is 3. The monoisotopic (exact) mass is 452 g/mol. The van der Waals surface area contributed by atoms with Gasteiger partial charge in [0.05, 0.1) is 16.2 Å². The molecular formula is C15H11Cl2IO4. The van der Waals surface area contributed by atoms with Crippen LogP contribution in [0.5, 0.6) is 11.5 Å². The molecule has 7 heteroatoms. The number of halogens is 3. The molecule has 1 N–H and O–H groups in total. The largest absolute Gasteiger partial charge is 0.493 e. The molecule has 0 aliphatic heterocycles. The van der Waals surface area contributed by atoms with Crippen molar-refractivity contribution in [3.05, 3.63) is 55.1 Å². The van der Waals surface area contributed by atoms with Crippen molar-refractivity contribution in [3.63, 3.8) is 0 Å². The minimum absolute atomic E-state index is 0.129. The smallest absolute Gasteiger partial charge is 0.335 e. The molecule has 0 aliphatic carbocycles. The molecule has 0 unspecified atom stereocenters. The van der Waals surface area contributed by atoms with E-state index >= 15 is 0 Å². The van der Waals surface area contributed by atoms with E-state index in [4.69, 9.17) is 37.8 Å². The first kappa shape index (κ1) is 17.2. The molecule has 0 heterocycles. The van der Waals surface area contributed by atoms with E-state index in [9.17, 15) is 4.79 Å². The van der Waals surface area contributed by atoms with E-state index in [-0.39, 0.29) is 12.2 Å². The summed E-state index contributed by atoms with van der Waals surface area (Å²) in [7, 11) is 1.45. The van der Waals surface area contributed by atoms with Crippen molar-refractivity contribution >= 4 is 51.8 Å². The molecule has 2 aromatic carbocycles. The van der Waals surface area contributed by atoms with Crippen molar-refractivity contribution in [2.24, 2.45) is 0 Å². The Hall–Kier alpha value is -1.18. The Morgan fingerprint density at radius 1 is 1.27 bits per heavy atom. The molecule has 116 valence electrons. The Morgan fingerprint density at radius 3 is 2.45 bits per heavy atom. The maximum atomic E-state index is 11.1. The standard InChI is InChI=1S/C15H11Cl2IO4/c1-21-13-6-8(15(19)20)5-12(18)14(13)22-7-9-10(16)3-2-4-11(9)17/h2-6H,7H2,1H3,(H,19,20). The number of benzene rings is 2. The lowest BCUT2D eigenvalue weighted by Gasteiger charge is -2.14. The van der Waals surface area contributed by atoms with Gasteiger partial charge >= 0.3 is 5.97 Å². The van der Waals surface area contributed by atoms with Gasteiger partial charge < -0.3 is 14.6 Å². The van der Waals surface area contributed by atoms with E-state index < -0.39 is 5.97 Å². The Balaban J connectivity index is 2.32. The first-order valence-electron chi connectivity index (χ1n) is 6.10. The summed E-state index contributed by atoms with van der Waals surface area (Å²) < 4.78 is 11.6. The van der Waals surface area contributed by atoms with Crippen LogP contribution >= 0.6 is 45.8 Å². The third-order valence-electron chi connectivity index (χ3n) is 2.90. The zero-order valence-corrected chi connectivity index (χ0v) is 15.1. The number of ether oxygens (including phenoxy) is 2. The molecular weight excluding hydrogens is 442 g/mol. The van der Waals surface area contributed by atoms with Gasteiger partial charge in [0.25, 0.3) is 0 Å². The highest BCUT2D eigenvalue weighted by Crippen LogP contribution is 2.35. The molecule has 4 nitrogen and oxygen atoms in total. The second kappa shape index (κ2) is 7.39. The first-order valence-corrected chi connectivity index (χ1v) is 7.94. The SMILES string of the molecule is COc1cc(C(=O)O)cc(I)c1OCc1c(Cl)cccc1Cl. The first-order chi connectivity index (χ1) is 10.4. The molecule has 0 atom stereocenters. The van der Waals surface area contributed by atoms with Crippen LogP contribution in [0.4, 0.5) is 0 Å². The van der Waals surface area contributed by atoms with Crippen molar-refractivity contribution in [2.45, 2.75) is 6.61 Å². The van der Waals surface area contributed by atoms with Gasteiger partial charge in [-0.25, -0.2) is 4.79 Å². The van der Waals surface area contributed by atoms with Gasteiger partial charge in [-0.15, -0.1) is 0 Å². The highest BCUT2D eigenvalue weighted by Gasteiger charge is 2.16. The summed E-state index contributed by atoms with van der Waals surface area (Å²) in [4.78, 5) is 11.1. The molecule has 22 heavy (non-hydrogen) atoms. The summed E-state index contributed by atoms with van der Waals surface area (Å²) in [6, 6.07) is 8.12. The zero-order chi connectivity index (χ0) is 16.3. The van der Waals surface area contributed by atoms with Crippen LogP contribution in [0.1, 0.15) is 15.9 Å². The summed E-state index contributed by atoms with van der Waals surface area (Å²) in [5, 5.41) is 10.1. The minimum Gasteiger partial charge on any atom is -0.493 e. The van der Waals surface area contributed by atoms with Crippen molar-refractivity contribution in [1.82, 2.24) is 0 Å². The Kier molecular flexibility index (Phi) is 5.77. The predicted octanol–water partition coefficient (Wildman–Crippen LogP) is 4.88. The molecule has 0 spiro atoms. The number of carboxylic acids is 1. The Morgan fingerprint density at radius 2 is 1.91 bits per heavy atom. The number of carbonyl (C=O) groups is 1. The third kappa shape index (κ3) is 3.77. The second-order valence-corrected chi connectivity index (χ2v) is 6.26. The van der Waals surface area contributed by atoms with Crippen molar-refractivity contribution in [1.29, 1.82) is 0 Å². The van der Waals surface area contributed by atoms with E-state index in [0.717, 1.165) is 0 Å². The van der Waals surface area contributed by atoms with E-state index in [0.29, 0.717) is 30.7 Å². The molecule has 2 aromatic rings. The van der Waals surface area contributed by atoms with Crippen molar-refractivity contribution in [2.75, 3.05) is 7.11 Å². The number of methoxy groups -OCH3 is 1. The third-order valence-corrected chi connectivity index (χ3v) is 4.41. The minimum atomic E-state index is -1.03. The topological polar surface area (TPSA) is 55.8 Å². The average Bonchev–Trinajstić information content (AvgIpc) is 2.47. The lowest BCUT2D eigenvalue weighted by molar-refractivity contribution is 0.0696. The summed E-state index contributed by atoms with van der Waals surface area (Å²) in [6.07, 6.45) is 0. The van der Waals surface area contributed by atoms with Gasteiger partial charge in [0.15, 0.2) is 11.5 Å². The fraction of sp³-hybridized carbons (Fsp3) is 0.133. The molecule has 0 radical (unpaired) electrons. The van der Waals surface area contributed by atoms with E-state index in [1.165, 1.54) is 19.2 Å². The van der Waals surface area contributed by atoms with Crippen LogP contribution < -0.4 is 9.47 Å². The van der Waals surface area contributed by atoms with Gasteiger partial charge in [0.1, 0.15) is 6.61 Å². The van der Waals surface area contributed by atoms with Crippen LogP contribution in [-0.4, -0.2) is 18.2 Å². The molecule has 0 aliphatic rings. The maximum Gasteiger partial charge on any atom is 0.335 e. The van der Waals surface area contributed by atoms with Gasteiger partial charge in [0.2, 0.25) is 0 Å². The van der Waals surface area contributed by atoms with Gasteiger partial charge in [0, 0.05) is 15.6 Å². The summed E-state index contributed by atoms with van der Waals surface area (Å²) in [5.41, 5.74) is 0.787. The van der Waals surface area contributed by atoms with Gasteiger partial charge in [-0.3, -0.25) is 0 Å². The summed E-state index contributed by atoms with van der Waals surface area (Å²) in [5.74, 6) is -0.242. The molecule has 2 rings (SSSR count). The summed E-state index contributed by atoms with van der Waals surface area (Å²) in [6.45, 7) is 0.150. The normalized spacial score (nSPS) is 10.4. The molecule has 0 saturated heterocycles. The predicted molar refractivity (Wildman–Crippen MR) is 93.5 cm³/mol. The number of rotatable bonds is 5. The van der Waals surface area contributed by atoms with Gasteiger partial charge in [-0.2, -0.15) is 0 Å². The fourth-order valence-corrected chi connectivity index (χ4v) is 3.06. The fourth-order valence-electron chi connectivity index (χ4n) is 1.80. The van der Waals surface area contributed by atoms with Crippen LogP contribution in [0.3, 0.4) is 0 Å². The van der Waals surface area contributed by atoms with Crippen LogP contribution in [-0.2, 0) is 6.61 Å². The molecule has 0 fully saturated rings. The van der Waals surface area contributed by atoms with Crippen LogP contribution in [0.25, 0.3) is 0 Å². The highest BCUT2D eigenvalue weighted by molar-refractivity contribution is 14.1. The number of hydrogen-bond donors (Lipinski definition) is 1. The second-order valence-electron chi connectivity index (χ2n) is 4.28. The van der Waals surface area contributed by atoms with Crippen LogP contribution in [0.2, 0.25) is 10.0 Å². The lowest BCUT2D eigenvalue weighted by Crippen LogP contribution is -2.04. The molecule has 0 aromatic heterocycles. The Labute approximate surface area is 151 Å². The number of carboxylic acid groups (broad SMARTS) is 1. The van der Waals surface area contributed by atoms with Crippen LogP contribution in [0.15, 0.2) is 30.3 Å². The number of aromatic carboxylic acids is 1. The van der Waals surface area contributed by atoms with Crippen molar-refractivity contribution < 1.29 is 19.4 Å². The van der Waals surface area contributed by atoms with Crippen molar-refractivity contribution in [3.8, 4) is 11.5 Å². The van der Waals surface area contributed by atoms with E-state index in [2.05, 4.69) is 0 Å². The van der Waals surface area contributed by atoms with E-state index in [1.54, 1.807) is 18.2 Å². The molecule has 0 saturated carbocycles. The maximum absolute atomic E-state index is 11.1.